The number of aryl methyl sites for hydroxylation is 1. The van der Waals surface area contributed by atoms with Gasteiger partial charge < -0.3 is 5.11 Å². The zero-order chi connectivity index (χ0) is 17.9. The van der Waals surface area contributed by atoms with E-state index in [9.17, 15) is 13.5 Å². The van der Waals surface area contributed by atoms with Crippen molar-refractivity contribution in [3.8, 4) is 23.1 Å². The molecule has 2 rings (SSSR count). The van der Waals surface area contributed by atoms with Gasteiger partial charge in [0.05, 0.1) is 27.7 Å². The Balaban J connectivity index is 0.00000312. The molecule has 0 saturated heterocycles. The van der Waals surface area contributed by atoms with Crippen molar-refractivity contribution in [1.29, 1.82) is 0 Å². The molecule has 1 aromatic heterocycles. The zero-order valence-electron chi connectivity index (χ0n) is 14.1. The molecule has 2 aromatic rings. The predicted molar refractivity (Wildman–Crippen MR) is 97.3 cm³/mol. The summed E-state index contributed by atoms with van der Waals surface area (Å²) in [6.45, 7) is 6.68. The lowest BCUT2D eigenvalue weighted by Crippen LogP contribution is -2.13. The quantitative estimate of drug-likeness (QED) is 0.863. The second-order valence-electron chi connectivity index (χ2n) is 5.75. The number of rotatable bonds is 3. The van der Waals surface area contributed by atoms with Crippen LogP contribution in [0.5, 0.6) is 0 Å². The molecule has 1 aromatic carbocycles. The summed E-state index contributed by atoms with van der Waals surface area (Å²) in [6.07, 6.45) is 0.879. The van der Waals surface area contributed by atoms with Crippen molar-refractivity contribution in [3.63, 3.8) is 0 Å². The maximum atomic E-state index is 12.2. The molecule has 0 amide bonds. The maximum Gasteiger partial charge on any atom is 0.180 e. The summed E-state index contributed by atoms with van der Waals surface area (Å²) < 4.78 is 24.3. The molecule has 130 valence electrons. The number of nitrogens with zero attached hydrogens (tertiary/aromatic N) is 2. The summed E-state index contributed by atoms with van der Waals surface area (Å²) in [5, 5.41) is 8.80. The molecule has 6 heteroatoms. The monoisotopic (exact) mass is 348 g/mol. The van der Waals surface area contributed by atoms with Crippen LogP contribution < -0.4 is 0 Å². The van der Waals surface area contributed by atoms with Gasteiger partial charge in [-0.15, -0.1) is 0 Å². The van der Waals surface area contributed by atoms with Crippen molar-refractivity contribution < 1.29 is 16.4 Å². The van der Waals surface area contributed by atoms with E-state index in [0.717, 1.165) is 5.56 Å². The third kappa shape index (κ3) is 3.99. The normalized spacial score (nSPS) is 12.6. The Hall–Kier alpha value is -2.23. The third-order valence-corrected chi connectivity index (χ3v) is 5.62. The molecule has 0 fully saturated rings. The molecule has 24 heavy (non-hydrogen) atoms. The molecule has 0 bridgehead atoms. The molecular formula is C18H24N2O3S. The lowest BCUT2D eigenvalue weighted by Gasteiger charge is -2.09. The summed E-state index contributed by atoms with van der Waals surface area (Å²) in [7, 11) is -3.30. The van der Waals surface area contributed by atoms with E-state index in [-0.39, 0.29) is 7.75 Å². The number of aromatic nitrogens is 2. The first-order valence-electron chi connectivity index (χ1n) is 7.59. The van der Waals surface area contributed by atoms with Gasteiger partial charge in [0.1, 0.15) is 11.8 Å². The van der Waals surface area contributed by atoms with Crippen LogP contribution in [0, 0.1) is 18.8 Å². The van der Waals surface area contributed by atoms with Crippen LogP contribution in [0.4, 0.5) is 0 Å². The summed E-state index contributed by atoms with van der Waals surface area (Å²) in [4.78, 5) is 9.00. The summed E-state index contributed by atoms with van der Waals surface area (Å²) in [6, 6.07) is 6.57. The minimum absolute atomic E-state index is 0. The second kappa shape index (κ2) is 7.12. The molecule has 0 saturated carbocycles. The first-order valence-corrected chi connectivity index (χ1v) is 9.14. The molecule has 0 aliphatic carbocycles. The lowest BCUT2D eigenvalue weighted by atomic mass is 10.1. The van der Waals surface area contributed by atoms with Gasteiger partial charge in [-0.25, -0.2) is 13.4 Å². The molecule has 0 aliphatic rings. The second-order valence-corrected chi connectivity index (χ2v) is 8.26. The van der Waals surface area contributed by atoms with E-state index < -0.39 is 21.2 Å². The van der Waals surface area contributed by atoms with Crippen molar-refractivity contribution in [2.75, 3.05) is 0 Å². The highest BCUT2D eigenvalue weighted by atomic mass is 32.2. The third-order valence-electron chi connectivity index (χ3n) is 3.45. The van der Waals surface area contributed by atoms with Gasteiger partial charge in [0.25, 0.3) is 0 Å². The minimum atomic E-state index is -3.30. The van der Waals surface area contributed by atoms with E-state index in [4.69, 9.17) is 0 Å². The number of aliphatic hydroxyl groups is 1. The Labute approximate surface area is 145 Å². The van der Waals surface area contributed by atoms with Crippen LogP contribution in [0.15, 0.2) is 35.4 Å². The van der Waals surface area contributed by atoms with Gasteiger partial charge in [0, 0.05) is 8.42 Å². The van der Waals surface area contributed by atoms with Crippen molar-refractivity contribution in [3.05, 3.63) is 41.9 Å². The fourth-order valence-corrected chi connectivity index (χ4v) is 3.03. The number of hydrogen-bond acceptors (Lipinski definition) is 5. The van der Waals surface area contributed by atoms with Crippen LogP contribution in [-0.4, -0.2) is 34.8 Å². The van der Waals surface area contributed by atoms with Crippen molar-refractivity contribution >= 4 is 9.84 Å². The van der Waals surface area contributed by atoms with Gasteiger partial charge >= 0.3 is 0 Å². The minimum Gasteiger partial charge on any atom is -0.381 e. The molecule has 1 heterocycles. The van der Waals surface area contributed by atoms with E-state index in [1.54, 1.807) is 58.2 Å². The van der Waals surface area contributed by atoms with E-state index in [2.05, 4.69) is 21.8 Å². The largest absolute Gasteiger partial charge is 0.381 e. The van der Waals surface area contributed by atoms with E-state index >= 15 is 0 Å². The van der Waals surface area contributed by atoms with E-state index in [0.29, 0.717) is 17.1 Å². The van der Waals surface area contributed by atoms with Crippen LogP contribution in [0.1, 0.15) is 35.0 Å². The Bertz CT molecular complexity index is 900. The van der Waals surface area contributed by atoms with Crippen LogP contribution in [0.3, 0.4) is 0 Å². The molecule has 0 unspecified atom stereocenters. The lowest BCUT2D eigenvalue weighted by molar-refractivity contribution is 0.253. The number of aliphatic hydroxyl groups excluding tert-OH is 1. The molecule has 1 N–H and O–H groups in total. The van der Waals surface area contributed by atoms with Gasteiger partial charge in [0.2, 0.25) is 0 Å². The molecule has 1 atom stereocenters. The summed E-state index contributed by atoms with van der Waals surface area (Å²) in [5.41, 5.74) is 2.52. The molecule has 0 radical (unpaired) electrons. The van der Waals surface area contributed by atoms with Crippen molar-refractivity contribution in [2.24, 2.45) is 0 Å². The van der Waals surface area contributed by atoms with E-state index in [1.165, 1.54) is 0 Å². The highest BCUT2D eigenvalue weighted by molar-refractivity contribution is 7.92. The Morgan fingerprint density at radius 3 is 2.33 bits per heavy atom. The topological polar surface area (TPSA) is 80.2 Å². The average Bonchev–Trinajstić information content (AvgIpc) is 2.54. The predicted octanol–water partition coefficient (Wildman–Crippen LogP) is 2.86. The molecule has 0 aliphatic heterocycles. The smallest absolute Gasteiger partial charge is 0.180 e. The Kier molecular flexibility index (Phi) is 5.37. The highest BCUT2D eigenvalue weighted by Crippen LogP contribution is 2.22. The summed E-state index contributed by atoms with van der Waals surface area (Å²) >= 11 is 0. The van der Waals surface area contributed by atoms with Gasteiger partial charge in [0.15, 0.2) is 9.84 Å². The van der Waals surface area contributed by atoms with Crippen LogP contribution in [-0.2, 0) is 9.84 Å². The van der Waals surface area contributed by atoms with Gasteiger partial charge in [-0.3, -0.25) is 4.98 Å². The van der Waals surface area contributed by atoms with Crippen LogP contribution in [0.2, 0.25) is 0 Å². The SMILES string of the molecule is Cc1ncc(-c2ccc(S(=O)(=O)C(C)C)cc2)nc1C#C[C@@H](C)O.[HH].[HH]. The van der Waals surface area contributed by atoms with Gasteiger partial charge in [-0.2, -0.15) is 0 Å². The highest BCUT2D eigenvalue weighted by Gasteiger charge is 2.18. The van der Waals surface area contributed by atoms with Crippen molar-refractivity contribution in [2.45, 2.75) is 43.9 Å². The Morgan fingerprint density at radius 1 is 1.17 bits per heavy atom. The first-order chi connectivity index (χ1) is 11.2. The van der Waals surface area contributed by atoms with Gasteiger partial charge in [-0.05, 0) is 45.7 Å². The number of benzene rings is 1. The van der Waals surface area contributed by atoms with Crippen LogP contribution in [0.25, 0.3) is 11.3 Å². The average molecular weight is 348 g/mol. The van der Waals surface area contributed by atoms with Gasteiger partial charge in [-0.1, -0.05) is 18.1 Å². The van der Waals surface area contributed by atoms with E-state index in [1.807, 2.05) is 0 Å². The zero-order valence-corrected chi connectivity index (χ0v) is 14.9. The van der Waals surface area contributed by atoms with Crippen LogP contribution >= 0.6 is 0 Å². The summed E-state index contributed by atoms with van der Waals surface area (Å²) in [5.74, 6) is 5.45. The Morgan fingerprint density at radius 2 is 1.79 bits per heavy atom. The molecular weight excluding hydrogens is 324 g/mol. The first kappa shape index (κ1) is 18.1. The fourth-order valence-electron chi connectivity index (χ4n) is 1.97. The standard InChI is InChI=1S/C18H20N2O3S.2H2/c1-12(2)24(22,23)16-8-6-15(7-9-16)18-11-19-14(4)17(20-18)10-5-13(3)21;;/h6-9,11-13,21H,1-4H3;2*1H/t13-;;/m1../s1. The maximum absolute atomic E-state index is 12.2. The molecule has 0 spiro atoms. The number of sulfone groups is 1. The number of hydrogen-bond donors (Lipinski definition) is 1. The fraction of sp³-hybridized carbons (Fsp3) is 0.333. The molecule has 5 nitrogen and oxygen atoms in total. The van der Waals surface area contributed by atoms with Crippen molar-refractivity contribution in [1.82, 2.24) is 9.97 Å².